The van der Waals surface area contributed by atoms with Crippen molar-refractivity contribution in [2.75, 3.05) is 18.0 Å². The van der Waals surface area contributed by atoms with Gasteiger partial charge in [-0.15, -0.1) is 0 Å². The highest BCUT2D eigenvalue weighted by atomic mass is 16.4. The van der Waals surface area contributed by atoms with Crippen molar-refractivity contribution in [2.24, 2.45) is 0 Å². The Balaban J connectivity index is 2.13. The number of pyridine rings is 1. The summed E-state index contributed by atoms with van der Waals surface area (Å²) >= 11 is 0. The highest BCUT2D eigenvalue weighted by molar-refractivity contribution is 5.94. The van der Waals surface area contributed by atoms with Crippen LogP contribution in [0, 0.1) is 0 Å². The van der Waals surface area contributed by atoms with Crippen LogP contribution in [0.1, 0.15) is 29.8 Å². The van der Waals surface area contributed by atoms with Crippen LogP contribution < -0.4 is 4.90 Å². The lowest BCUT2D eigenvalue weighted by Crippen LogP contribution is -2.31. The number of fused-ring (bicyclic) bond motifs is 1. The highest BCUT2D eigenvalue weighted by Gasteiger charge is 2.21. The summed E-state index contributed by atoms with van der Waals surface area (Å²) in [7, 11) is 0. The van der Waals surface area contributed by atoms with E-state index in [-0.39, 0.29) is 5.69 Å². The van der Waals surface area contributed by atoms with Gasteiger partial charge in [0.15, 0.2) is 5.69 Å². The number of carboxylic acids is 1. The lowest BCUT2D eigenvalue weighted by Gasteiger charge is -2.26. The predicted molar refractivity (Wildman–Crippen MR) is 68.2 cm³/mol. The van der Waals surface area contributed by atoms with Crippen LogP contribution >= 0.6 is 0 Å². The van der Waals surface area contributed by atoms with Gasteiger partial charge in [-0.2, -0.15) is 0 Å². The number of rotatable bonds is 2. The molecule has 1 saturated heterocycles. The van der Waals surface area contributed by atoms with E-state index in [1.807, 2.05) is 22.7 Å². The van der Waals surface area contributed by atoms with Crippen molar-refractivity contribution in [1.82, 2.24) is 9.38 Å². The number of imidazole rings is 1. The first-order valence-corrected chi connectivity index (χ1v) is 6.23. The van der Waals surface area contributed by atoms with Crippen molar-refractivity contribution in [1.29, 1.82) is 0 Å². The molecule has 2 aromatic heterocycles. The number of hydrogen-bond acceptors (Lipinski definition) is 3. The molecule has 1 aliphatic rings. The monoisotopic (exact) mass is 245 g/mol. The first-order valence-electron chi connectivity index (χ1n) is 6.23. The van der Waals surface area contributed by atoms with Gasteiger partial charge in [0.25, 0.3) is 0 Å². The van der Waals surface area contributed by atoms with E-state index in [0.717, 1.165) is 31.9 Å². The van der Waals surface area contributed by atoms with E-state index in [4.69, 9.17) is 0 Å². The van der Waals surface area contributed by atoms with Crippen LogP contribution in [0.3, 0.4) is 0 Å². The van der Waals surface area contributed by atoms with E-state index < -0.39 is 5.97 Å². The Hall–Kier alpha value is -2.04. The largest absolute Gasteiger partial charge is 0.476 e. The fourth-order valence-corrected chi connectivity index (χ4v) is 2.50. The van der Waals surface area contributed by atoms with E-state index >= 15 is 0 Å². The zero-order valence-electron chi connectivity index (χ0n) is 10.0. The quantitative estimate of drug-likeness (QED) is 0.879. The van der Waals surface area contributed by atoms with Crippen LogP contribution in [-0.2, 0) is 0 Å². The molecule has 0 aliphatic carbocycles. The summed E-state index contributed by atoms with van der Waals surface area (Å²) in [5, 5.41) is 9.20. The van der Waals surface area contributed by atoms with E-state index in [1.165, 1.54) is 6.42 Å². The maximum atomic E-state index is 11.2. The second-order valence-corrected chi connectivity index (χ2v) is 4.57. The zero-order valence-corrected chi connectivity index (χ0v) is 10.0. The van der Waals surface area contributed by atoms with Gasteiger partial charge in [0.1, 0.15) is 0 Å². The molecule has 5 heteroatoms. The molecule has 1 fully saturated rings. The molecule has 0 amide bonds. The van der Waals surface area contributed by atoms with Crippen molar-refractivity contribution in [3.63, 3.8) is 0 Å². The lowest BCUT2D eigenvalue weighted by atomic mass is 10.1. The Morgan fingerprint density at radius 3 is 2.72 bits per heavy atom. The van der Waals surface area contributed by atoms with Gasteiger partial charge in [-0.1, -0.05) is 6.07 Å². The third-order valence-corrected chi connectivity index (χ3v) is 3.37. The van der Waals surface area contributed by atoms with Crippen LogP contribution in [0.2, 0.25) is 0 Å². The number of piperidine rings is 1. The SMILES string of the molecule is O=C(O)c1nc(N2CCCCC2)n2ccccc12. The van der Waals surface area contributed by atoms with E-state index in [1.54, 1.807) is 6.07 Å². The summed E-state index contributed by atoms with van der Waals surface area (Å²) in [5.74, 6) is -0.218. The highest BCUT2D eigenvalue weighted by Crippen LogP contribution is 2.23. The number of hydrogen-bond donors (Lipinski definition) is 1. The van der Waals surface area contributed by atoms with Crippen LogP contribution in [0.25, 0.3) is 5.52 Å². The van der Waals surface area contributed by atoms with Crippen LogP contribution in [0.4, 0.5) is 5.95 Å². The lowest BCUT2D eigenvalue weighted by molar-refractivity contribution is 0.0693. The minimum atomic E-state index is -0.970. The molecule has 0 unspecified atom stereocenters. The van der Waals surface area contributed by atoms with Gasteiger partial charge >= 0.3 is 5.97 Å². The second-order valence-electron chi connectivity index (χ2n) is 4.57. The van der Waals surface area contributed by atoms with Gasteiger partial charge in [0.2, 0.25) is 5.95 Å². The number of carbonyl (C=O) groups is 1. The Morgan fingerprint density at radius 1 is 1.22 bits per heavy atom. The topological polar surface area (TPSA) is 57.8 Å². The Labute approximate surface area is 105 Å². The van der Waals surface area contributed by atoms with Crippen LogP contribution in [0.15, 0.2) is 24.4 Å². The molecule has 1 N–H and O–H groups in total. The van der Waals surface area contributed by atoms with Gasteiger partial charge in [-0.05, 0) is 31.4 Å². The van der Waals surface area contributed by atoms with Gasteiger partial charge < -0.3 is 10.0 Å². The smallest absolute Gasteiger partial charge is 0.356 e. The van der Waals surface area contributed by atoms with Crippen molar-refractivity contribution >= 4 is 17.4 Å². The fraction of sp³-hybridized carbons (Fsp3) is 0.385. The maximum absolute atomic E-state index is 11.2. The molecule has 3 heterocycles. The molecule has 0 radical (unpaired) electrons. The molecule has 0 atom stereocenters. The fourth-order valence-electron chi connectivity index (χ4n) is 2.50. The van der Waals surface area contributed by atoms with Crippen molar-refractivity contribution in [3.8, 4) is 0 Å². The minimum Gasteiger partial charge on any atom is -0.476 e. The second kappa shape index (κ2) is 4.33. The van der Waals surface area contributed by atoms with Crippen molar-refractivity contribution in [2.45, 2.75) is 19.3 Å². The van der Waals surface area contributed by atoms with Crippen molar-refractivity contribution < 1.29 is 9.90 Å². The zero-order chi connectivity index (χ0) is 12.5. The average molecular weight is 245 g/mol. The number of aromatic nitrogens is 2. The maximum Gasteiger partial charge on any atom is 0.356 e. The summed E-state index contributed by atoms with van der Waals surface area (Å²) in [5.41, 5.74) is 0.793. The molecule has 2 aromatic rings. The summed E-state index contributed by atoms with van der Waals surface area (Å²) in [6, 6.07) is 5.53. The summed E-state index contributed by atoms with van der Waals surface area (Å²) in [4.78, 5) is 17.7. The van der Waals surface area contributed by atoms with Gasteiger partial charge in [-0.3, -0.25) is 4.40 Å². The molecule has 0 aromatic carbocycles. The van der Waals surface area contributed by atoms with E-state index in [2.05, 4.69) is 9.88 Å². The normalized spacial score (nSPS) is 16.1. The van der Waals surface area contributed by atoms with E-state index in [9.17, 15) is 9.90 Å². The van der Waals surface area contributed by atoms with Crippen LogP contribution in [-0.4, -0.2) is 33.6 Å². The van der Waals surface area contributed by atoms with Gasteiger partial charge in [0, 0.05) is 19.3 Å². The van der Waals surface area contributed by atoms with Gasteiger partial charge in [-0.25, -0.2) is 9.78 Å². The van der Waals surface area contributed by atoms with E-state index in [0.29, 0.717) is 5.52 Å². The van der Waals surface area contributed by atoms with Crippen molar-refractivity contribution in [3.05, 3.63) is 30.1 Å². The summed E-state index contributed by atoms with van der Waals surface area (Å²) < 4.78 is 1.87. The number of carboxylic acid groups (broad SMARTS) is 1. The third-order valence-electron chi connectivity index (χ3n) is 3.37. The molecule has 94 valence electrons. The molecule has 5 nitrogen and oxygen atoms in total. The summed E-state index contributed by atoms with van der Waals surface area (Å²) in [6.07, 6.45) is 5.40. The van der Waals surface area contributed by atoms with Crippen LogP contribution in [0.5, 0.6) is 0 Å². The molecule has 0 bridgehead atoms. The van der Waals surface area contributed by atoms with Gasteiger partial charge in [0.05, 0.1) is 5.52 Å². The molecule has 1 aliphatic heterocycles. The molecule has 18 heavy (non-hydrogen) atoms. The first kappa shape index (κ1) is 11.1. The Bertz CT molecular complexity index is 585. The third kappa shape index (κ3) is 1.72. The Kier molecular flexibility index (Phi) is 2.66. The standard InChI is InChI=1S/C13H15N3O2/c17-12(18)11-10-6-2-5-9-16(10)13(14-11)15-7-3-1-4-8-15/h2,5-6,9H,1,3-4,7-8H2,(H,17,18). The number of nitrogens with zero attached hydrogens (tertiary/aromatic N) is 3. The predicted octanol–water partition coefficient (Wildman–Crippen LogP) is 2.02. The molecule has 0 spiro atoms. The molecule has 0 saturated carbocycles. The minimum absolute atomic E-state index is 0.135. The number of anilines is 1. The molecular formula is C13H15N3O2. The average Bonchev–Trinajstić information content (AvgIpc) is 2.79. The number of aromatic carboxylic acids is 1. The molecular weight excluding hydrogens is 230 g/mol. The first-order chi connectivity index (χ1) is 8.77. The Morgan fingerprint density at radius 2 is 2.00 bits per heavy atom. The summed E-state index contributed by atoms with van der Waals surface area (Å²) in [6.45, 7) is 1.90. The molecule has 3 rings (SSSR count).